The van der Waals surface area contributed by atoms with Gasteiger partial charge in [-0.15, -0.1) is 0 Å². The molecule has 0 radical (unpaired) electrons. The van der Waals surface area contributed by atoms with Crippen molar-refractivity contribution in [2.45, 2.75) is 25.2 Å². The number of fused-ring (bicyclic) bond motifs is 2. The van der Waals surface area contributed by atoms with Crippen molar-refractivity contribution in [3.05, 3.63) is 71.5 Å². The van der Waals surface area contributed by atoms with Gasteiger partial charge in [0.2, 0.25) is 17.1 Å². The van der Waals surface area contributed by atoms with Gasteiger partial charge in [-0.05, 0) is 29.7 Å². The maximum absolute atomic E-state index is 13.9. The first-order valence-corrected chi connectivity index (χ1v) is 9.36. The van der Waals surface area contributed by atoms with E-state index in [9.17, 15) is 20.2 Å². The van der Waals surface area contributed by atoms with Crippen LogP contribution in [0.25, 0.3) is 0 Å². The molecule has 2 bridgehead atoms. The Labute approximate surface area is 173 Å². The van der Waals surface area contributed by atoms with Crippen LogP contribution in [0.4, 0.5) is 4.39 Å². The van der Waals surface area contributed by atoms with Gasteiger partial charge < -0.3 is 9.47 Å². The number of ether oxygens (including phenoxy) is 2. The van der Waals surface area contributed by atoms with Crippen molar-refractivity contribution in [3.63, 3.8) is 0 Å². The van der Waals surface area contributed by atoms with Crippen LogP contribution in [0.1, 0.15) is 24.2 Å². The molecule has 2 aromatic carbocycles. The standard InChI is InChI=1S/C23H17FN4O2/c1-21-18(10-15-6-3-2-4-7-15)23(14-27,20(28)30-21)22(12-25,13-26)19(29-21)16-8-5-9-17(24)11-16/h2-9,11,18-19,28H,10H2,1H3. The molecule has 0 amide bonds. The smallest absolute Gasteiger partial charge is 0.215 e. The number of hydrogen-bond acceptors (Lipinski definition) is 6. The van der Waals surface area contributed by atoms with Crippen molar-refractivity contribution in [1.29, 1.82) is 21.2 Å². The highest BCUT2D eigenvalue weighted by Crippen LogP contribution is 2.66. The van der Waals surface area contributed by atoms with Crippen LogP contribution in [-0.4, -0.2) is 11.7 Å². The van der Waals surface area contributed by atoms with E-state index in [2.05, 4.69) is 6.07 Å². The second kappa shape index (κ2) is 6.66. The van der Waals surface area contributed by atoms with Gasteiger partial charge in [0.25, 0.3) is 0 Å². The Morgan fingerprint density at radius 2 is 1.73 bits per heavy atom. The molecule has 2 aromatic rings. The Kier molecular flexibility index (Phi) is 4.35. The predicted molar refractivity (Wildman–Crippen MR) is 103 cm³/mol. The van der Waals surface area contributed by atoms with Gasteiger partial charge in [0, 0.05) is 6.92 Å². The molecule has 148 valence electrons. The van der Waals surface area contributed by atoms with Crippen molar-refractivity contribution in [1.82, 2.24) is 0 Å². The van der Waals surface area contributed by atoms with Gasteiger partial charge in [-0.1, -0.05) is 42.5 Å². The number of rotatable bonds is 3. The molecular weight excluding hydrogens is 383 g/mol. The summed E-state index contributed by atoms with van der Waals surface area (Å²) in [5, 5.41) is 39.2. The summed E-state index contributed by atoms with van der Waals surface area (Å²) in [7, 11) is 0. The third kappa shape index (κ3) is 2.38. The van der Waals surface area contributed by atoms with Gasteiger partial charge in [0.15, 0.2) is 5.41 Å². The molecule has 2 saturated heterocycles. The Balaban J connectivity index is 1.95. The largest absolute Gasteiger partial charge is 0.448 e. The van der Waals surface area contributed by atoms with Crippen LogP contribution in [0.2, 0.25) is 0 Å². The van der Waals surface area contributed by atoms with Crippen molar-refractivity contribution >= 4 is 5.90 Å². The van der Waals surface area contributed by atoms with Crippen molar-refractivity contribution in [3.8, 4) is 18.2 Å². The first kappa shape index (κ1) is 19.6. The minimum absolute atomic E-state index is 0.236. The third-order valence-electron chi connectivity index (χ3n) is 6.15. The van der Waals surface area contributed by atoms with E-state index in [1.54, 1.807) is 6.92 Å². The molecule has 2 aliphatic rings. The molecule has 6 nitrogen and oxygen atoms in total. The van der Waals surface area contributed by atoms with E-state index in [1.165, 1.54) is 24.3 Å². The molecule has 7 heteroatoms. The van der Waals surface area contributed by atoms with Crippen LogP contribution in [0, 0.1) is 62.0 Å². The zero-order chi connectivity index (χ0) is 21.6. The minimum Gasteiger partial charge on any atom is -0.448 e. The highest BCUT2D eigenvalue weighted by molar-refractivity contribution is 5.89. The molecule has 4 unspecified atom stereocenters. The molecule has 30 heavy (non-hydrogen) atoms. The lowest BCUT2D eigenvalue weighted by molar-refractivity contribution is -0.272. The van der Waals surface area contributed by atoms with Crippen molar-refractivity contribution in [2.75, 3.05) is 0 Å². The third-order valence-corrected chi connectivity index (χ3v) is 6.15. The first-order chi connectivity index (χ1) is 14.4. The fourth-order valence-corrected chi connectivity index (χ4v) is 4.71. The Morgan fingerprint density at radius 3 is 2.33 bits per heavy atom. The summed E-state index contributed by atoms with van der Waals surface area (Å²) in [4.78, 5) is 0. The van der Waals surface area contributed by atoms with Crippen LogP contribution in [0.3, 0.4) is 0 Å². The molecule has 0 saturated carbocycles. The summed E-state index contributed by atoms with van der Waals surface area (Å²) >= 11 is 0. The van der Waals surface area contributed by atoms with E-state index in [1.807, 2.05) is 42.5 Å². The topological polar surface area (TPSA) is 114 Å². The van der Waals surface area contributed by atoms with Crippen LogP contribution >= 0.6 is 0 Å². The highest BCUT2D eigenvalue weighted by atomic mass is 19.1. The number of nitrogens with one attached hydrogen (secondary N) is 1. The average molecular weight is 400 g/mol. The van der Waals surface area contributed by atoms with E-state index in [-0.39, 0.29) is 12.0 Å². The number of benzene rings is 2. The summed E-state index contributed by atoms with van der Waals surface area (Å²) < 4.78 is 25.8. The maximum Gasteiger partial charge on any atom is 0.215 e. The Morgan fingerprint density at radius 1 is 1.03 bits per heavy atom. The first-order valence-electron chi connectivity index (χ1n) is 9.36. The lowest BCUT2D eigenvalue weighted by Crippen LogP contribution is -2.59. The Bertz CT molecular complexity index is 1130. The average Bonchev–Trinajstić information content (AvgIpc) is 2.91. The molecule has 4 atom stereocenters. The minimum atomic E-state index is -2.11. The molecule has 0 aromatic heterocycles. The van der Waals surface area contributed by atoms with Crippen LogP contribution in [0.15, 0.2) is 54.6 Å². The normalized spacial score (nSPS) is 31.1. The summed E-state index contributed by atoms with van der Waals surface area (Å²) in [6.45, 7) is 1.60. The molecule has 2 heterocycles. The number of nitriles is 3. The van der Waals surface area contributed by atoms with E-state index in [4.69, 9.17) is 14.9 Å². The summed E-state index contributed by atoms with van der Waals surface area (Å²) in [5.74, 6) is -3.28. The molecule has 2 aliphatic heterocycles. The molecule has 1 N–H and O–H groups in total. The van der Waals surface area contributed by atoms with Crippen LogP contribution in [0.5, 0.6) is 0 Å². The zero-order valence-corrected chi connectivity index (χ0v) is 16.1. The van der Waals surface area contributed by atoms with Gasteiger partial charge >= 0.3 is 0 Å². The van der Waals surface area contributed by atoms with Gasteiger partial charge in [0.1, 0.15) is 11.9 Å². The fraction of sp³-hybridized carbons (Fsp3) is 0.304. The fourth-order valence-electron chi connectivity index (χ4n) is 4.71. The number of nitrogens with zero attached hydrogens (tertiary/aromatic N) is 3. The lowest BCUT2D eigenvalue weighted by Gasteiger charge is -2.48. The highest BCUT2D eigenvalue weighted by Gasteiger charge is 2.79. The molecule has 2 fully saturated rings. The molecule has 0 spiro atoms. The summed E-state index contributed by atoms with van der Waals surface area (Å²) in [6, 6.07) is 20.7. The lowest BCUT2D eigenvalue weighted by atomic mass is 9.52. The van der Waals surface area contributed by atoms with Crippen molar-refractivity contribution < 1.29 is 13.9 Å². The van der Waals surface area contributed by atoms with E-state index in [0.717, 1.165) is 5.56 Å². The molecule has 4 rings (SSSR count). The maximum atomic E-state index is 13.9. The zero-order valence-electron chi connectivity index (χ0n) is 16.1. The molecular formula is C23H17FN4O2. The number of hydrogen-bond donors (Lipinski definition) is 1. The SMILES string of the molecule is CC12OC(=N)C(C#N)(C1Cc1ccccc1)C(C#N)(C#N)C(c1cccc(F)c1)O2. The van der Waals surface area contributed by atoms with Crippen molar-refractivity contribution in [2.24, 2.45) is 16.7 Å². The van der Waals surface area contributed by atoms with Crippen LogP contribution in [-0.2, 0) is 15.9 Å². The van der Waals surface area contributed by atoms with Crippen LogP contribution < -0.4 is 0 Å². The van der Waals surface area contributed by atoms with E-state index < -0.39 is 40.4 Å². The quantitative estimate of drug-likeness (QED) is 0.836. The van der Waals surface area contributed by atoms with Gasteiger partial charge in [0.05, 0.1) is 24.1 Å². The van der Waals surface area contributed by atoms with E-state index in [0.29, 0.717) is 0 Å². The summed E-state index contributed by atoms with van der Waals surface area (Å²) in [5.41, 5.74) is -2.91. The van der Waals surface area contributed by atoms with Gasteiger partial charge in [-0.3, -0.25) is 5.41 Å². The molecule has 0 aliphatic carbocycles. The Hall–Kier alpha value is -3.73. The summed E-state index contributed by atoms with van der Waals surface area (Å²) in [6.07, 6.45) is -1.02. The van der Waals surface area contributed by atoms with Gasteiger partial charge in [-0.2, -0.15) is 15.8 Å². The second-order valence-corrected chi connectivity index (χ2v) is 7.69. The number of halogens is 1. The second-order valence-electron chi connectivity index (χ2n) is 7.69. The van der Waals surface area contributed by atoms with E-state index >= 15 is 0 Å². The van der Waals surface area contributed by atoms with Gasteiger partial charge in [-0.25, -0.2) is 4.39 Å². The predicted octanol–water partition coefficient (Wildman–Crippen LogP) is 4.02. The monoisotopic (exact) mass is 400 g/mol.